The number of nitrogens with one attached hydrogen (secondary N) is 1. The average Bonchev–Trinajstić information content (AvgIpc) is 2.76. The minimum absolute atomic E-state index is 0.383. The van der Waals surface area contributed by atoms with Crippen LogP contribution in [0.2, 0.25) is 0 Å². The second-order valence-corrected chi connectivity index (χ2v) is 3.15. The van der Waals surface area contributed by atoms with Crippen LogP contribution >= 0.6 is 0 Å². The molecule has 0 spiro atoms. The van der Waals surface area contributed by atoms with Gasteiger partial charge in [-0.2, -0.15) is 0 Å². The first-order chi connectivity index (χ1) is 7.77. The van der Waals surface area contributed by atoms with Gasteiger partial charge in [-0.15, -0.1) is 11.8 Å². The van der Waals surface area contributed by atoms with Gasteiger partial charge in [-0.05, 0) is 13.0 Å². The largest absolute Gasteiger partial charge is 0.467 e. The SMILES string of the molecule is CC#CCCNCc1cc(C(=O)OC)co1. The van der Waals surface area contributed by atoms with Crippen LogP contribution in [0.3, 0.4) is 0 Å². The molecule has 0 saturated carbocycles. The van der Waals surface area contributed by atoms with Crippen molar-refractivity contribution in [2.75, 3.05) is 13.7 Å². The lowest BCUT2D eigenvalue weighted by Gasteiger charge is -1.97. The highest BCUT2D eigenvalue weighted by molar-refractivity contribution is 5.88. The molecule has 0 saturated heterocycles. The summed E-state index contributed by atoms with van der Waals surface area (Å²) in [6, 6.07) is 1.67. The zero-order valence-corrected chi connectivity index (χ0v) is 9.50. The summed E-state index contributed by atoms with van der Waals surface area (Å²) in [4.78, 5) is 11.1. The van der Waals surface area contributed by atoms with Crippen LogP contribution in [0.5, 0.6) is 0 Å². The molecule has 0 aliphatic heterocycles. The van der Waals surface area contributed by atoms with E-state index < -0.39 is 0 Å². The number of hydrogen-bond donors (Lipinski definition) is 1. The number of carbonyl (C=O) groups is 1. The van der Waals surface area contributed by atoms with Crippen LogP contribution in [-0.4, -0.2) is 19.6 Å². The van der Waals surface area contributed by atoms with Crippen molar-refractivity contribution in [2.24, 2.45) is 0 Å². The van der Waals surface area contributed by atoms with Crippen LogP contribution in [0.25, 0.3) is 0 Å². The molecule has 0 unspecified atom stereocenters. The Hall–Kier alpha value is -1.73. The van der Waals surface area contributed by atoms with Crippen LogP contribution in [0.4, 0.5) is 0 Å². The van der Waals surface area contributed by atoms with Gasteiger partial charge in [-0.25, -0.2) is 4.79 Å². The normalized spacial score (nSPS) is 9.38. The Morgan fingerprint density at radius 1 is 1.62 bits per heavy atom. The van der Waals surface area contributed by atoms with Gasteiger partial charge >= 0.3 is 5.97 Å². The second-order valence-electron chi connectivity index (χ2n) is 3.15. The first-order valence-electron chi connectivity index (χ1n) is 5.04. The molecule has 0 aliphatic carbocycles. The molecule has 0 atom stereocenters. The van der Waals surface area contributed by atoms with Crippen molar-refractivity contribution in [1.82, 2.24) is 5.32 Å². The zero-order chi connectivity index (χ0) is 11.8. The fourth-order valence-corrected chi connectivity index (χ4v) is 1.19. The van der Waals surface area contributed by atoms with Crippen LogP contribution in [0, 0.1) is 11.8 Å². The molecule has 1 heterocycles. The van der Waals surface area contributed by atoms with Gasteiger partial charge in [-0.3, -0.25) is 0 Å². The van der Waals surface area contributed by atoms with E-state index in [1.165, 1.54) is 13.4 Å². The van der Waals surface area contributed by atoms with E-state index in [4.69, 9.17) is 4.42 Å². The summed E-state index contributed by atoms with van der Waals surface area (Å²) in [5.41, 5.74) is 0.438. The summed E-state index contributed by atoms with van der Waals surface area (Å²) in [7, 11) is 1.34. The minimum atomic E-state index is -0.383. The molecule has 1 N–H and O–H groups in total. The van der Waals surface area contributed by atoms with Gasteiger partial charge in [0.1, 0.15) is 12.0 Å². The average molecular weight is 221 g/mol. The number of carbonyl (C=O) groups excluding carboxylic acids is 1. The van der Waals surface area contributed by atoms with Gasteiger partial charge in [-0.1, -0.05) is 0 Å². The van der Waals surface area contributed by atoms with Gasteiger partial charge in [0, 0.05) is 13.0 Å². The molecule has 0 fully saturated rings. The topological polar surface area (TPSA) is 51.5 Å². The number of hydrogen-bond acceptors (Lipinski definition) is 4. The molecule has 0 amide bonds. The van der Waals surface area contributed by atoms with E-state index in [1.807, 2.05) is 6.92 Å². The highest BCUT2D eigenvalue weighted by Crippen LogP contribution is 2.08. The Morgan fingerprint density at radius 3 is 3.12 bits per heavy atom. The van der Waals surface area contributed by atoms with Crippen molar-refractivity contribution in [2.45, 2.75) is 19.9 Å². The van der Waals surface area contributed by atoms with E-state index in [-0.39, 0.29) is 5.97 Å². The van der Waals surface area contributed by atoms with Gasteiger partial charge in [0.2, 0.25) is 0 Å². The van der Waals surface area contributed by atoms with Crippen LogP contribution in [-0.2, 0) is 11.3 Å². The Balaban J connectivity index is 2.34. The molecule has 1 aromatic heterocycles. The summed E-state index contributed by atoms with van der Waals surface area (Å²) < 4.78 is 9.76. The standard InChI is InChI=1S/C12H15NO3/c1-3-4-5-6-13-8-11-7-10(9-16-11)12(14)15-2/h7,9,13H,5-6,8H2,1-2H3. The Kier molecular flexibility index (Phi) is 5.17. The van der Waals surface area contributed by atoms with Gasteiger partial charge in [0.05, 0.1) is 19.2 Å². The predicted molar refractivity (Wildman–Crippen MR) is 59.8 cm³/mol. The van der Waals surface area contributed by atoms with Crippen molar-refractivity contribution in [3.63, 3.8) is 0 Å². The zero-order valence-electron chi connectivity index (χ0n) is 9.50. The second kappa shape index (κ2) is 6.70. The van der Waals surface area contributed by atoms with Crippen LogP contribution in [0.1, 0.15) is 29.5 Å². The molecule has 0 aliphatic rings. The maximum atomic E-state index is 11.1. The molecular formula is C12H15NO3. The Bertz CT molecular complexity index is 398. The van der Waals surface area contributed by atoms with E-state index in [9.17, 15) is 4.79 Å². The van der Waals surface area contributed by atoms with Gasteiger partial charge in [0.15, 0.2) is 0 Å². The third-order valence-electron chi connectivity index (χ3n) is 1.98. The number of esters is 1. The first kappa shape index (κ1) is 12.3. The van der Waals surface area contributed by atoms with Crippen molar-refractivity contribution in [1.29, 1.82) is 0 Å². The van der Waals surface area contributed by atoms with Crippen LogP contribution in [0.15, 0.2) is 16.7 Å². The van der Waals surface area contributed by atoms with E-state index in [0.29, 0.717) is 17.9 Å². The molecule has 1 rings (SSSR count). The third-order valence-corrected chi connectivity index (χ3v) is 1.98. The highest BCUT2D eigenvalue weighted by atomic mass is 16.5. The monoisotopic (exact) mass is 221 g/mol. The summed E-state index contributed by atoms with van der Waals surface area (Å²) in [6.07, 6.45) is 2.20. The van der Waals surface area contributed by atoms with Crippen molar-refractivity contribution >= 4 is 5.97 Å². The lowest BCUT2D eigenvalue weighted by Crippen LogP contribution is -2.13. The molecule has 0 radical (unpaired) electrons. The van der Waals surface area contributed by atoms with Gasteiger partial charge in [0.25, 0.3) is 0 Å². The number of methoxy groups -OCH3 is 1. The quantitative estimate of drug-likeness (QED) is 0.466. The molecule has 0 aromatic carbocycles. The number of furan rings is 1. The molecule has 4 heteroatoms. The minimum Gasteiger partial charge on any atom is -0.467 e. The van der Waals surface area contributed by atoms with Crippen LogP contribution < -0.4 is 5.32 Å². The fourth-order valence-electron chi connectivity index (χ4n) is 1.19. The van der Waals surface area contributed by atoms with E-state index in [1.54, 1.807) is 6.07 Å². The summed E-state index contributed by atoms with van der Waals surface area (Å²) in [5.74, 6) is 6.10. The molecule has 86 valence electrons. The Labute approximate surface area is 95.0 Å². The fraction of sp³-hybridized carbons (Fsp3) is 0.417. The number of ether oxygens (including phenoxy) is 1. The van der Waals surface area contributed by atoms with Gasteiger partial charge < -0.3 is 14.5 Å². The summed E-state index contributed by atoms with van der Waals surface area (Å²) in [5, 5.41) is 3.16. The maximum Gasteiger partial charge on any atom is 0.341 e. The van der Waals surface area contributed by atoms with E-state index >= 15 is 0 Å². The Morgan fingerprint density at radius 2 is 2.44 bits per heavy atom. The first-order valence-corrected chi connectivity index (χ1v) is 5.04. The maximum absolute atomic E-state index is 11.1. The smallest absolute Gasteiger partial charge is 0.341 e. The molecule has 4 nitrogen and oxygen atoms in total. The summed E-state index contributed by atoms with van der Waals surface area (Å²) in [6.45, 7) is 3.20. The van der Waals surface area contributed by atoms with E-state index in [0.717, 1.165) is 13.0 Å². The van der Waals surface area contributed by atoms with Crippen molar-refractivity contribution in [3.8, 4) is 11.8 Å². The summed E-state index contributed by atoms with van der Waals surface area (Å²) >= 11 is 0. The molecule has 1 aromatic rings. The number of rotatable bonds is 5. The van der Waals surface area contributed by atoms with Crippen molar-refractivity contribution in [3.05, 3.63) is 23.7 Å². The molecule has 0 bridgehead atoms. The highest BCUT2D eigenvalue weighted by Gasteiger charge is 2.09. The molecule has 16 heavy (non-hydrogen) atoms. The lowest BCUT2D eigenvalue weighted by molar-refractivity contribution is 0.0600. The van der Waals surface area contributed by atoms with Crippen molar-refractivity contribution < 1.29 is 13.9 Å². The third kappa shape index (κ3) is 3.79. The predicted octanol–water partition coefficient (Wildman–Crippen LogP) is 1.57. The van der Waals surface area contributed by atoms with E-state index in [2.05, 4.69) is 21.9 Å². The molecular weight excluding hydrogens is 206 g/mol. The lowest BCUT2D eigenvalue weighted by atomic mass is 10.3.